The Bertz CT molecular complexity index is 1240. The van der Waals surface area contributed by atoms with Gasteiger partial charge in [-0.3, -0.25) is 9.59 Å². The number of hydrogen-bond acceptors (Lipinski definition) is 6. The van der Waals surface area contributed by atoms with Crippen LogP contribution in [0.4, 0.5) is 5.69 Å². The van der Waals surface area contributed by atoms with Gasteiger partial charge in [-0.1, -0.05) is 0 Å². The molecule has 3 aromatic rings. The number of nitrogens with zero attached hydrogens (tertiary/aromatic N) is 2. The summed E-state index contributed by atoms with van der Waals surface area (Å²) in [5.41, 5.74) is 3.22. The summed E-state index contributed by atoms with van der Waals surface area (Å²) in [7, 11) is 1.57. The van der Waals surface area contributed by atoms with E-state index in [2.05, 4.69) is 4.90 Å². The van der Waals surface area contributed by atoms with E-state index in [1.54, 1.807) is 20.1 Å². The molecule has 1 aromatic heterocycles. The number of hydrogen-bond donors (Lipinski definition) is 0. The van der Waals surface area contributed by atoms with Crippen molar-refractivity contribution in [3.8, 4) is 5.75 Å². The van der Waals surface area contributed by atoms with Crippen molar-refractivity contribution in [2.75, 3.05) is 38.2 Å². The maximum atomic E-state index is 12.8. The molecule has 1 aliphatic rings. The van der Waals surface area contributed by atoms with Crippen LogP contribution >= 0.6 is 0 Å². The molecule has 7 nitrogen and oxygen atoms in total. The minimum atomic E-state index is -0.403. The van der Waals surface area contributed by atoms with Gasteiger partial charge in [0.15, 0.2) is 5.78 Å². The molecule has 33 heavy (non-hydrogen) atoms. The van der Waals surface area contributed by atoms with Crippen LogP contribution in [0.2, 0.25) is 0 Å². The molecule has 0 aliphatic carbocycles. The number of benzene rings is 2. The predicted molar refractivity (Wildman–Crippen MR) is 127 cm³/mol. The number of anilines is 1. The van der Waals surface area contributed by atoms with Gasteiger partial charge in [-0.25, -0.2) is 4.79 Å². The number of methoxy groups -OCH3 is 1. The fourth-order valence-electron chi connectivity index (χ4n) is 4.30. The third-order valence-electron chi connectivity index (χ3n) is 6.35. The highest BCUT2D eigenvalue weighted by molar-refractivity contribution is 5.94. The second-order valence-corrected chi connectivity index (χ2v) is 8.33. The third kappa shape index (κ3) is 4.77. The number of carbonyl (C=O) groups excluding carboxylic acids is 2. The van der Waals surface area contributed by atoms with Crippen molar-refractivity contribution in [2.45, 2.75) is 26.7 Å². The quantitative estimate of drug-likeness (QED) is 0.424. The van der Waals surface area contributed by atoms with Gasteiger partial charge < -0.3 is 19.0 Å². The molecular weight excluding hydrogens is 420 g/mol. The highest BCUT2D eigenvalue weighted by Crippen LogP contribution is 2.25. The maximum absolute atomic E-state index is 12.8. The average Bonchev–Trinajstić information content (AvgIpc) is 2.83. The van der Waals surface area contributed by atoms with Crippen LogP contribution in [-0.2, 0) is 11.2 Å². The number of aryl methyl sites for hydroxylation is 1. The predicted octanol–water partition coefficient (Wildman–Crippen LogP) is 3.59. The summed E-state index contributed by atoms with van der Waals surface area (Å²) in [6.45, 7) is 6.15. The van der Waals surface area contributed by atoms with Gasteiger partial charge in [0.1, 0.15) is 11.3 Å². The Morgan fingerprint density at radius 2 is 1.73 bits per heavy atom. The number of ether oxygens (including phenoxy) is 1. The summed E-state index contributed by atoms with van der Waals surface area (Å²) >= 11 is 0. The molecule has 7 heteroatoms. The molecule has 0 unspecified atom stereocenters. The summed E-state index contributed by atoms with van der Waals surface area (Å²) in [6.07, 6.45) is 0.613. The lowest BCUT2D eigenvalue weighted by atomic mass is 10.0. The van der Waals surface area contributed by atoms with Gasteiger partial charge in [0.25, 0.3) is 0 Å². The van der Waals surface area contributed by atoms with Gasteiger partial charge in [-0.2, -0.15) is 0 Å². The first kappa shape index (κ1) is 22.6. The summed E-state index contributed by atoms with van der Waals surface area (Å²) in [4.78, 5) is 40.9. The van der Waals surface area contributed by atoms with Gasteiger partial charge in [0, 0.05) is 60.9 Å². The standard InChI is InChI=1S/C26H28N2O5/c1-17-22-9-8-21(32-3)16-24(22)33-26(31)23(17)10-11-25(30)28-14-12-27(13-15-28)20-6-4-19(5-7-20)18(2)29/h4-9,16H,10-15H2,1-3H3. The van der Waals surface area contributed by atoms with Crippen molar-refractivity contribution in [3.63, 3.8) is 0 Å². The van der Waals surface area contributed by atoms with E-state index in [9.17, 15) is 14.4 Å². The zero-order valence-corrected chi connectivity index (χ0v) is 19.2. The van der Waals surface area contributed by atoms with Gasteiger partial charge >= 0.3 is 5.63 Å². The number of rotatable bonds is 6. The second kappa shape index (κ2) is 9.48. The van der Waals surface area contributed by atoms with Crippen molar-refractivity contribution in [1.29, 1.82) is 0 Å². The number of amides is 1. The highest BCUT2D eigenvalue weighted by atomic mass is 16.5. The first-order valence-electron chi connectivity index (χ1n) is 11.1. The van der Waals surface area contributed by atoms with Gasteiger partial charge in [-0.15, -0.1) is 0 Å². The maximum Gasteiger partial charge on any atom is 0.339 e. The summed E-state index contributed by atoms with van der Waals surface area (Å²) in [5, 5.41) is 0.849. The highest BCUT2D eigenvalue weighted by Gasteiger charge is 2.22. The largest absolute Gasteiger partial charge is 0.497 e. The first-order chi connectivity index (χ1) is 15.9. The van der Waals surface area contributed by atoms with Crippen molar-refractivity contribution in [1.82, 2.24) is 4.90 Å². The Labute approximate surface area is 192 Å². The van der Waals surface area contributed by atoms with Gasteiger partial charge in [0.05, 0.1) is 7.11 Å². The van der Waals surface area contributed by atoms with Crippen LogP contribution in [0.5, 0.6) is 5.75 Å². The number of fused-ring (bicyclic) bond motifs is 1. The van der Waals surface area contributed by atoms with E-state index in [4.69, 9.17) is 9.15 Å². The molecule has 2 heterocycles. The van der Waals surface area contributed by atoms with Crippen LogP contribution in [-0.4, -0.2) is 49.9 Å². The number of piperazine rings is 1. The Balaban J connectivity index is 1.37. The van der Waals surface area contributed by atoms with Crippen LogP contribution < -0.4 is 15.3 Å². The lowest BCUT2D eigenvalue weighted by Gasteiger charge is -2.36. The Kier molecular flexibility index (Phi) is 6.49. The summed E-state index contributed by atoms with van der Waals surface area (Å²) < 4.78 is 10.7. The summed E-state index contributed by atoms with van der Waals surface area (Å²) in [5.74, 6) is 0.713. The molecule has 0 atom stereocenters. The molecule has 4 rings (SSSR count). The normalized spacial score (nSPS) is 13.9. The fourth-order valence-corrected chi connectivity index (χ4v) is 4.30. The number of Topliss-reactive ketones (excluding diaryl/α,β-unsaturated/α-hetero) is 1. The molecule has 0 bridgehead atoms. The SMILES string of the molecule is COc1ccc2c(C)c(CCC(=O)N3CCN(c4ccc(C(C)=O)cc4)CC3)c(=O)oc2c1. The summed E-state index contributed by atoms with van der Waals surface area (Å²) in [6, 6.07) is 13.0. The Morgan fingerprint density at radius 1 is 1.03 bits per heavy atom. The zero-order chi connectivity index (χ0) is 23.5. The number of carbonyl (C=O) groups is 2. The minimum absolute atomic E-state index is 0.0372. The van der Waals surface area contributed by atoms with E-state index >= 15 is 0 Å². The number of ketones is 1. The first-order valence-corrected chi connectivity index (χ1v) is 11.1. The smallest absolute Gasteiger partial charge is 0.339 e. The van der Waals surface area contributed by atoms with Gasteiger partial charge in [0.2, 0.25) is 5.91 Å². The second-order valence-electron chi connectivity index (χ2n) is 8.33. The monoisotopic (exact) mass is 448 g/mol. The van der Waals surface area contributed by atoms with Crippen LogP contribution in [0.25, 0.3) is 11.0 Å². The fraction of sp³-hybridized carbons (Fsp3) is 0.346. The van der Waals surface area contributed by atoms with Crippen LogP contribution in [0, 0.1) is 6.92 Å². The van der Waals surface area contributed by atoms with Gasteiger partial charge in [-0.05, 0) is 62.2 Å². The third-order valence-corrected chi connectivity index (χ3v) is 6.35. The molecule has 172 valence electrons. The molecule has 0 saturated carbocycles. The Hall–Kier alpha value is -3.61. The van der Waals surface area contributed by atoms with Crippen LogP contribution in [0.3, 0.4) is 0 Å². The Morgan fingerprint density at radius 3 is 2.36 bits per heavy atom. The van der Waals surface area contributed by atoms with E-state index in [1.807, 2.05) is 48.2 Å². The van der Waals surface area contributed by atoms with Crippen molar-refractivity contribution >= 4 is 28.3 Å². The molecule has 0 spiro atoms. The van der Waals surface area contributed by atoms with E-state index < -0.39 is 5.63 Å². The molecule has 1 aliphatic heterocycles. The van der Waals surface area contributed by atoms with Crippen molar-refractivity contribution in [2.24, 2.45) is 0 Å². The average molecular weight is 449 g/mol. The van der Waals surface area contributed by atoms with E-state index in [0.717, 1.165) is 29.7 Å². The van der Waals surface area contributed by atoms with E-state index in [1.165, 1.54) is 0 Å². The van der Waals surface area contributed by atoms with E-state index in [0.29, 0.717) is 42.0 Å². The zero-order valence-electron chi connectivity index (χ0n) is 19.2. The van der Waals surface area contributed by atoms with Crippen LogP contribution in [0.1, 0.15) is 34.8 Å². The lowest BCUT2D eigenvalue weighted by Crippen LogP contribution is -2.48. The van der Waals surface area contributed by atoms with Crippen molar-refractivity contribution in [3.05, 3.63) is 69.6 Å². The lowest BCUT2D eigenvalue weighted by molar-refractivity contribution is -0.131. The molecule has 1 fully saturated rings. The van der Waals surface area contributed by atoms with Crippen LogP contribution in [0.15, 0.2) is 51.7 Å². The molecule has 0 radical (unpaired) electrons. The molecule has 1 amide bonds. The topological polar surface area (TPSA) is 80.1 Å². The minimum Gasteiger partial charge on any atom is -0.497 e. The van der Waals surface area contributed by atoms with Crippen molar-refractivity contribution < 1.29 is 18.7 Å². The molecule has 1 saturated heterocycles. The van der Waals surface area contributed by atoms with E-state index in [-0.39, 0.29) is 18.1 Å². The molecular formula is C26H28N2O5. The molecule has 0 N–H and O–H groups in total. The molecule has 2 aromatic carbocycles.